The second-order valence-corrected chi connectivity index (χ2v) is 6.63. The Hall–Kier alpha value is -3.10. The van der Waals surface area contributed by atoms with E-state index in [0.29, 0.717) is 27.1 Å². The third kappa shape index (κ3) is 3.71. The van der Waals surface area contributed by atoms with Gasteiger partial charge in [0.25, 0.3) is 5.91 Å². The highest BCUT2D eigenvalue weighted by Crippen LogP contribution is 2.29. The molecule has 6 nitrogen and oxygen atoms in total. The summed E-state index contributed by atoms with van der Waals surface area (Å²) >= 11 is 7.34. The Bertz CT molecular complexity index is 1110. The number of anilines is 1. The van der Waals surface area contributed by atoms with Crippen LogP contribution in [0.15, 0.2) is 58.6 Å². The first-order valence-electron chi connectivity index (χ1n) is 7.70. The summed E-state index contributed by atoms with van der Waals surface area (Å²) in [6.07, 6.45) is 2.92. The van der Waals surface area contributed by atoms with Gasteiger partial charge in [-0.1, -0.05) is 11.6 Å². The highest BCUT2D eigenvalue weighted by Gasteiger charge is 2.16. The molecular weight excluding hydrogens is 391 g/mol. The van der Waals surface area contributed by atoms with E-state index in [-0.39, 0.29) is 17.5 Å². The van der Waals surface area contributed by atoms with E-state index >= 15 is 0 Å². The maximum absolute atomic E-state index is 13.0. The van der Waals surface area contributed by atoms with Crippen molar-refractivity contribution in [3.8, 4) is 22.8 Å². The number of amides is 1. The number of oxazole rings is 1. The number of hydrogen-bond acceptors (Lipinski definition) is 6. The monoisotopic (exact) mass is 400 g/mol. The van der Waals surface area contributed by atoms with Crippen molar-refractivity contribution in [2.75, 3.05) is 5.32 Å². The number of hydrogen-bond donors (Lipinski definition) is 1. The summed E-state index contributed by atoms with van der Waals surface area (Å²) in [7, 11) is 0. The number of carbonyl (C=O) groups is 1. The average molecular weight is 401 g/mol. The Morgan fingerprint density at radius 2 is 2.00 bits per heavy atom. The Kier molecular flexibility index (Phi) is 4.66. The van der Waals surface area contributed by atoms with Gasteiger partial charge in [0.05, 0.1) is 11.2 Å². The minimum absolute atomic E-state index is 0.0157. The first kappa shape index (κ1) is 17.3. The van der Waals surface area contributed by atoms with Crippen LogP contribution in [-0.2, 0) is 0 Å². The molecule has 0 atom stereocenters. The predicted molar refractivity (Wildman–Crippen MR) is 100 cm³/mol. The van der Waals surface area contributed by atoms with Crippen molar-refractivity contribution in [2.24, 2.45) is 0 Å². The molecule has 0 saturated heterocycles. The van der Waals surface area contributed by atoms with Gasteiger partial charge in [0.1, 0.15) is 17.2 Å². The molecule has 134 valence electrons. The van der Waals surface area contributed by atoms with Crippen molar-refractivity contribution in [3.63, 3.8) is 0 Å². The number of nitrogens with zero attached hydrogens (tertiary/aromatic N) is 3. The number of thiazole rings is 1. The first-order valence-corrected chi connectivity index (χ1v) is 8.95. The zero-order valence-corrected chi connectivity index (χ0v) is 15.1. The zero-order valence-electron chi connectivity index (χ0n) is 13.5. The number of benzene rings is 1. The van der Waals surface area contributed by atoms with Crippen molar-refractivity contribution in [1.29, 1.82) is 0 Å². The fourth-order valence-corrected chi connectivity index (χ4v) is 3.19. The third-order valence-electron chi connectivity index (χ3n) is 3.55. The Labute approximate surface area is 161 Å². The zero-order chi connectivity index (χ0) is 18.8. The lowest BCUT2D eigenvalue weighted by molar-refractivity contribution is 0.0997. The molecule has 1 N–H and O–H groups in total. The molecule has 0 aliphatic rings. The van der Waals surface area contributed by atoms with Gasteiger partial charge in [0.15, 0.2) is 5.13 Å². The second kappa shape index (κ2) is 7.26. The van der Waals surface area contributed by atoms with Gasteiger partial charge in [0.2, 0.25) is 11.7 Å². The van der Waals surface area contributed by atoms with Gasteiger partial charge < -0.3 is 4.42 Å². The number of halogens is 2. The van der Waals surface area contributed by atoms with Crippen molar-refractivity contribution < 1.29 is 13.6 Å². The normalized spacial score (nSPS) is 10.7. The summed E-state index contributed by atoms with van der Waals surface area (Å²) in [5, 5.41) is 5.23. The molecule has 3 aromatic heterocycles. The molecule has 27 heavy (non-hydrogen) atoms. The van der Waals surface area contributed by atoms with Gasteiger partial charge in [-0.05, 0) is 36.4 Å². The lowest BCUT2D eigenvalue weighted by atomic mass is 10.2. The number of carbonyl (C=O) groups excluding carboxylic acids is 1. The van der Waals surface area contributed by atoms with E-state index < -0.39 is 5.91 Å². The molecule has 0 spiro atoms. The minimum Gasteiger partial charge on any atom is -0.431 e. The highest BCUT2D eigenvalue weighted by atomic mass is 35.5. The van der Waals surface area contributed by atoms with Crippen LogP contribution in [-0.4, -0.2) is 20.9 Å². The maximum Gasteiger partial charge on any atom is 0.294 e. The van der Waals surface area contributed by atoms with Crippen LogP contribution in [0.2, 0.25) is 5.02 Å². The number of rotatable bonds is 4. The molecule has 1 aromatic carbocycles. The Morgan fingerprint density at radius 1 is 1.19 bits per heavy atom. The van der Waals surface area contributed by atoms with E-state index in [1.165, 1.54) is 41.8 Å². The molecular formula is C18H10ClFN4O2S. The maximum atomic E-state index is 13.0. The fraction of sp³-hybridized carbons (Fsp3) is 0. The van der Waals surface area contributed by atoms with Crippen LogP contribution >= 0.6 is 22.9 Å². The molecule has 0 unspecified atom stereocenters. The van der Waals surface area contributed by atoms with Crippen molar-refractivity contribution >= 4 is 34.0 Å². The van der Waals surface area contributed by atoms with E-state index in [1.807, 2.05) is 0 Å². The largest absolute Gasteiger partial charge is 0.431 e. The van der Waals surface area contributed by atoms with Gasteiger partial charge in [-0.25, -0.2) is 14.4 Å². The smallest absolute Gasteiger partial charge is 0.294 e. The van der Waals surface area contributed by atoms with Crippen LogP contribution < -0.4 is 5.32 Å². The van der Waals surface area contributed by atoms with E-state index in [4.69, 9.17) is 16.0 Å². The van der Waals surface area contributed by atoms with Gasteiger partial charge >= 0.3 is 0 Å². The third-order valence-corrected chi connectivity index (χ3v) is 4.61. The molecule has 0 radical (unpaired) electrons. The number of pyridine rings is 1. The molecule has 0 fully saturated rings. The summed E-state index contributed by atoms with van der Waals surface area (Å²) in [5.41, 5.74) is 1.66. The molecule has 0 bridgehead atoms. The SMILES string of the molecule is O=C(Nc1nc(-c2ncccc2Cl)cs1)c1cnc(-c2ccc(F)cc2)o1. The van der Waals surface area contributed by atoms with Crippen molar-refractivity contribution in [2.45, 2.75) is 0 Å². The molecule has 0 aliphatic heterocycles. The van der Waals surface area contributed by atoms with Gasteiger partial charge in [-0.2, -0.15) is 0 Å². The van der Waals surface area contributed by atoms with Crippen LogP contribution in [0, 0.1) is 5.82 Å². The lowest BCUT2D eigenvalue weighted by Gasteiger charge is -1.99. The van der Waals surface area contributed by atoms with E-state index in [1.54, 1.807) is 23.7 Å². The summed E-state index contributed by atoms with van der Waals surface area (Å²) in [4.78, 5) is 24.9. The summed E-state index contributed by atoms with van der Waals surface area (Å²) in [5.74, 6) is -0.623. The molecule has 9 heteroatoms. The summed E-state index contributed by atoms with van der Waals surface area (Å²) < 4.78 is 18.4. The van der Waals surface area contributed by atoms with Crippen LogP contribution in [0.4, 0.5) is 9.52 Å². The average Bonchev–Trinajstić information content (AvgIpc) is 3.33. The quantitative estimate of drug-likeness (QED) is 0.526. The van der Waals surface area contributed by atoms with Crippen LogP contribution in [0.3, 0.4) is 0 Å². The van der Waals surface area contributed by atoms with Gasteiger partial charge in [-0.3, -0.25) is 15.1 Å². The van der Waals surface area contributed by atoms with Crippen LogP contribution in [0.5, 0.6) is 0 Å². The van der Waals surface area contributed by atoms with Gasteiger partial charge in [-0.15, -0.1) is 11.3 Å². The molecule has 1 amide bonds. The summed E-state index contributed by atoms with van der Waals surface area (Å²) in [6.45, 7) is 0. The van der Waals surface area contributed by atoms with Crippen LogP contribution in [0.25, 0.3) is 22.8 Å². The molecule has 4 rings (SSSR count). The predicted octanol–water partition coefficient (Wildman–Crippen LogP) is 4.90. The van der Waals surface area contributed by atoms with Crippen LogP contribution in [0.1, 0.15) is 10.6 Å². The minimum atomic E-state index is -0.496. The van der Waals surface area contributed by atoms with E-state index in [2.05, 4.69) is 20.3 Å². The van der Waals surface area contributed by atoms with Gasteiger partial charge in [0, 0.05) is 17.1 Å². The highest BCUT2D eigenvalue weighted by molar-refractivity contribution is 7.14. The van der Waals surface area contributed by atoms with E-state index in [9.17, 15) is 9.18 Å². The fourth-order valence-electron chi connectivity index (χ4n) is 2.28. The molecule has 0 aliphatic carbocycles. The Morgan fingerprint density at radius 3 is 2.78 bits per heavy atom. The van der Waals surface area contributed by atoms with Crippen molar-refractivity contribution in [1.82, 2.24) is 15.0 Å². The topological polar surface area (TPSA) is 80.9 Å². The first-order chi connectivity index (χ1) is 13.1. The molecule has 3 heterocycles. The molecule has 4 aromatic rings. The standard InChI is InChI=1S/C18H10ClFN4O2S/c19-12-2-1-7-21-15(12)13-9-27-18(23-13)24-16(25)14-8-22-17(26-14)10-3-5-11(20)6-4-10/h1-9H,(H,23,24,25). The summed E-state index contributed by atoms with van der Waals surface area (Å²) in [6, 6.07) is 9.06. The van der Waals surface area contributed by atoms with E-state index in [0.717, 1.165) is 0 Å². The second-order valence-electron chi connectivity index (χ2n) is 5.36. The Balaban J connectivity index is 1.50. The van der Waals surface area contributed by atoms with Crippen molar-refractivity contribution in [3.05, 3.63) is 70.8 Å². The lowest BCUT2D eigenvalue weighted by Crippen LogP contribution is -2.10. The molecule has 0 saturated carbocycles. The number of nitrogens with one attached hydrogen (secondary N) is 1. The number of aromatic nitrogens is 3.